The van der Waals surface area contributed by atoms with Crippen molar-refractivity contribution in [2.75, 3.05) is 0 Å². The number of benzene rings is 1. The van der Waals surface area contributed by atoms with Gasteiger partial charge in [-0.2, -0.15) is 13.2 Å². The molecule has 0 unspecified atom stereocenters. The van der Waals surface area contributed by atoms with Crippen LogP contribution in [0.3, 0.4) is 0 Å². The maximum Gasteiger partial charge on any atom is 0.433 e. The summed E-state index contributed by atoms with van der Waals surface area (Å²) >= 11 is 0. The van der Waals surface area contributed by atoms with Crippen molar-refractivity contribution in [1.82, 2.24) is 14.5 Å². The summed E-state index contributed by atoms with van der Waals surface area (Å²) in [7, 11) is -4.17. The van der Waals surface area contributed by atoms with Gasteiger partial charge in [0.05, 0.1) is 20.8 Å². The van der Waals surface area contributed by atoms with Gasteiger partial charge in [0.2, 0.25) is 9.84 Å². The van der Waals surface area contributed by atoms with Gasteiger partial charge in [0.15, 0.2) is 0 Å². The van der Waals surface area contributed by atoms with Crippen LogP contribution in [0.1, 0.15) is 64.4 Å². The Balaban J connectivity index is 1.78. The van der Waals surface area contributed by atoms with E-state index in [-0.39, 0.29) is 10.3 Å². The normalized spacial score (nSPS) is 16.4. The molecular weight excluding hydrogens is 451 g/mol. The molecule has 1 saturated carbocycles. The number of pyridine rings is 1. The molecule has 1 aromatic carbocycles. The zero-order valence-electron chi connectivity index (χ0n) is 19.0. The summed E-state index contributed by atoms with van der Waals surface area (Å²) in [6, 6.07) is 6.29. The lowest BCUT2D eigenvalue weighted by molar-refractivity contribution is -0.141. The lowest BCUT2D eigenvalue weighted by Gasteiger charge is -2.26. The van der Waals surface area contributed by atoms with Crippen molar-refractivity contribution < 1.29 is 21.6 Å². The van der Waals surface area contributed by atoms with Gasteiger partial charge in [-0.05, 0) is 49.1 Å². The number of imidazole rings is 1. The third-order valence-corrected chi connectivity index (χ3v) is 7.95. The molecule has 4 rings (SSSR count). The van der Waals surface area contributed by atoms with Crippen molar-refractivity contribution in [1.29, 1.82) is 0 Å². The molecule has 2 heterocycles. The van der Waals surface area contributed by atoms with Crippen LogP contribution < -0.4 is 0 Å². The lowest BCUT2D eigenvalue weighted by atomic mass is 9.88. The molecule has 0 spiro atoms. The Kier molecular flexibility index (Phi) is 6.05. The van der Waals surface area contributed by atoms with Gasteiger partial charge < -0.3 is 4.57 Å². The SMILES string of the molecule is CC(C)(C)c1nc2cc(S(=O)(=O)c3ccnc(C(F)(F)F)c3)ccc2n1CC1CCCCC1. The molecule has 33 heavy (non-hydrogen) atoms. The highest BCUT2D eigenvalue weighted by Gasteiger charge is 2.34. The van der Waals surface area contributed by atoms with Gasteiger partial charge >= 0.3 is 6.18 Å². The Hall–Kier alpha value is -2.42. The number of fused-ring (bicyclic) bond motifs is 1. The zero-order valence-corrected chi connectivity index (χ0v) is 19.8. The van der Waals surface area contributed by atoms with E-state index < -0.39 is 26.6 Å². The van der Waals surface area contributed by atoms with Crippen molar-refractivity contribution in [3.63, 3.8) is 0 Å². The zero-order chi connectivity index (χ0) is 24.0. The summed E-state index contributed by atoms with van der Waals surface area (Å²) in [5.74, 6) is 1.43. The molecule has 3 aromatic rings. The number of hydrogen-bond acceptors (Lipinski definition) is 4. The fourth-order valence-electron chi connectivity index (χ4n) is 4.53. The first-order chi connectivity index (χ1) is 15.4. The van der Waals surface area contributed by atoms with Gasteiger partial charge in [-0.1, -0.05) is 40.0 Å². The van der Waals surface area contributed by atoms with Gasteiger partial charge in [0.1, 0.15) is 11.5 Å². The van der Waals surface area contributed by atoms with Crippen LogP contribution in [0.5, 0.6) is 0 Å². The van der Waals surface area contributed by atoms with E-state index in [0.29, 0.717) is 17.5 Å². The standard InChI is InChI=1S/C24H28F3N3O2S/c1-23(2,3)22-29-19-13-17(9-10-20(19)30(22)15-16-7-5-4-6-8-16)33(31,32)18-11-12-28-21(14-18)24(25,26)27/h9-14,16H,4-8,15H2,1-3H3. The van der Waals surface area contributed by atoms with E-state index in [2.05, 4.69) is 30.3 Å². The summed E-state index contributed by atoms with van der Waals surface area (Å²) in [6.07, 6.45) is 2.17. The van der Waals surface area contributed by atoms with Gasteiger partial charge in [0, 0.05) is 18.2 Å². The van der Waals surface area contributed by atoms with Crippen molar-refractivity contribution >= 4 is 20.9 Å². The van der Waals surface area contributed by atoms with E-state index in [1.54, 1.807) is 6.07 Å². The van der Waals surface area contributed by atoms with Crippen LogP contribution >= 0.6 is 0 Å². The molecule has 0 amide bonds. The van der Waals surface area contributed by atoms with Crippen molar-refractivity contribution in [3.8, 4) is 0 Å². The molecule has 9 heteroatoms. The molecule has 5 nitrogen and oxygen atoms in total. The van der Waals surface area contributed by atoms with Crippen LogP contribution in [0.4, 0.5) is 13.2 Å². The second-order valence-corrected chi connectivity index (χ2v) is 11.8. The van der Waals surface area contributed by atoms with E-state index in [0.717, 1.165) is 30.1 Å². The largest absolute Gasteiger partial charge is 0.433 e. The summed E-state index contributed by atoms with van der Waals surface area (Å²) in [6.45, 7) is 7.03. The van der Waals surface area contributed by atoms with Crippen molar-refractivity contribution in [2.45, 2.75) is 80.8 Å². The number of nitrogens with zero attached hydrogens (tertiary/aromatic N) is 3. The number of rotatable bonds is 4. The van der Waals surface area contributed by atoms with Gasteiger partial charge in [-0.15, -0.1) is 0 Å². The van der Waals surface area contributed by atoms with Crippen LogP contribution in [0.25, 0.3) is 11.0 Å². The van der Waals surface area contributed by atoms with E-state index in [1.807, 2.05) is 0 Å². The fraction of sp³-hybridized carbons (Fsp3) is 0.500. The smallest absolute Gasteiger partial charge is 0.327 e. The Morgan fingerprint density at radius 1 is 1.00 bits per heavy atom. The molecule has 178 valence electrons. The second-order valence-electron chi connectivity index (χ2n) is 9.83. The van der Waals surface area contributed by atoms with Gasteiger partial charge in [-0.25, -0.2) is 13.4 Å². The summed E-state index contributed by atoms with van der Waals surface area (Å²) < 4.78 is 67.6. The predicted octanol–water partition coefficient (Wildman–Crippen LogP) is 6.16. The summed E-state index contributed by atoms with van der Waals surface area (Å²) in [5.41, 5.74) is -0.118. The molecule has 0 aliphatic heterocycles. The molecule has 1 aliphatic rings. The number of sulfone groups is 1. The first-order valence-corrected chi connectivity index (χ1v) is 12.6. The average Bonchev–Trinajstić information content (AvgIpc) is 3.12. The van der Waals surface area contributed by atoms with E-state index >= 15 is 0 Å². The molecule has 1 fully saturated rings. The topological polar surface area (TPSA) is 64.8 Å². The molecule has 0 N–H and O–H groups in total. The lowest BCUT2D eigenvalue weighted by Crippen LogP contribution is -2.22. The van der Waals surface area contributed by atoms with Crippen LogP contribution in [0, 0.1) is 5.92 Å². The maximum absolute atomic E-state index is 13.1. The Bertz CT molecular complexity index is 1270. The van der Waals surface area contributed by atoms with E-state index in [1.165, 1.54) is 44.2 Å². The Morgan fingerprint density at radius 3 is 2.30 bits per heavy atom. The second kappa shape index (κ2) is 8.42. The molecule has 0 saturated heterocycles. The fourth-order valence-corrected chi connectivity index (χ4v) is 5.82. The monoisotopic (exact) mass is 479 g/mol. The number of halogens is 3. The highest BCUT2D eigenvalue weighted by molar-refractivity contribution is 7.91. The quantitative estimate of drug-likeness (QED) is 0.450. The Labute approximate surface area is 192 Å². The summed E-state index contributed by atoms with van der Waals surface area (Å²) in [4.78, 5) is 7.51. The van der Waals surface area contributed by atoms with Crippen LogP contribution in [0.15, 0.2) is 46.3 Å². The first-order valence-electron chi connectivity index (χ1n) is 11.2. The minimum absolute atomic E-state index is 0.0860. The summed E-state index contributed by atoms with van der Waals surface area (Å²) in [5, 5.41) is 0. The molecule has 0 atom stereocenters. The number of aromatic nitrogens is 3. The van der Waals surface area contributed by atoms with Crippen molar-refractivity contribution in [2.24, 2.45) is 5.92 Å². The van der Waals surface area contributed by atoms with Gasteiger partial charge in [-0.3, -0.25) is 4.98 Å². The first kappa shape index (κ1) is 23.7. The van der Waals surface area contributed by atoms with E-state index in [9.17, 15) is 21.6 Å². The number of hydrogen-bond donors (Lipinski definition) is 0. The molecule has 2 aromatic heterocycles. The molecule has 1 aliphatic carbocycles. The van der Waals surface area contributed by atoms with Crippen LogP contribution in [0.2, 0.25) is 0 Å². The third kappa shape index (κ3) is 4.78. The van der Waals surface area contributed by atoms with Crippen LogP contribution in [-0.4, -0.2) is 23.0 Å². The van der Waals surface area contributed by atoms with E-state index in [4.69, 9.17) is 4.98 Å². The van der Waals surface area contributed by atoms with Crippen molar-refractivity contribution in [3.05, 3.63) is 48.0 Å². The molecule has 0 radical (unpaired) electrons. The predicted molar refractivity (Wildman–Crippen MR) is 120 cm³/mol. The molecule has 0 bridgehead atoms. The average molecular weight is 480 g/mol. The highest BCUT2D eigenvalue weighted by Crippen LogP contribution is 2.34. The highest BCUT2D eigenvalue weighted by atomic mass is 32.2. The third-order valence-electron chi connectivity index (χ3n) is 6.20. The minimum Gasteiger partial charge on any atom is -0.327 e. The minimum atomic E-state index is -4.73. The maximum atomic E-state index is 13.1. The Morgan fingerprint density at radius 2 is 1.67 bits per heavy atom. The van der Waals surface area contributed by atoms with Gasteiger partial charge in [0.25, 0.3) is 0 Å². The number of alkyl halides is 3. The van der Waals surface area contributed by atoms with Crippen LogP contribution in [-0.2, 0) is 28.0 Å². The molecular formula is C24H28F3N3O2S.